The number of fused-ring (bicyclic) bond motifs is 1. The zero-order chi connectivity index (χ0) is 12.0. The fourth-order valence-corrected chi connectivity index (χ4v) is 4.51. The molecule has 0 saturated heterocycles. The van der Waals surface area contributed by atoms with Crippen LogP contribution in [0, 0.1) is 28.6 Å². The first-order valence-corrected chi connectivity index (χ1v) is 7.46. The third-order valence-electron chi connectivity index (χ3n) is 6.61. The molecule has 0 amide bonds. The topological polar surface area (TPSA) is 0 Å². The van der Waals surface area contributed by atoms with Gasteiger partial charge in [-0.1, -0.05) is 47.5 Å². The molecule has 2 aliphatic rings. The molecule has 2 fully saturated rings. The SMILES string of the molecule is CCCC(C)(CC)C(C)(C)C1CC2CCC21. The van der Waals surface area contributed by atoms with Crippen LogP contribution in [-0.4, -0.2) is 0 Å². The number of hydrogen-bond donors (Lipinski definition) is 0. The Labute approximate surface area is 102 Å². The first-order chi connectivity index (χ1) is 7.46. The van der Waals surface area contributed by atoms with Crippen molar-refractivity contribution in [1.29, 1.82) is 0 Å². The molecule has 4 unspecified atom stereocenters. The average molecular weight is 222 g/mol. The Kier molecular flexibility index (Phi) is 3.14. The van der Waals surface area contributed by atoms with Crippen LogP contribution in [0.3, 0.4) is 0 Å². The van der Waals surface area contributed by atoms with Gasteiger partial charge in [0.05, 0.1) is 0 Å². The van der Waals surface area contributed by atoms with E-state index >= 15 is 0 Å². The highest BCUT2D eigenvalue weighted by Crippen LogP contribution is 2.65. The Bertz CT molecular complexity index is 253. The molecule has 2 saturated carbocycles. The fourth-order valence-electron chi connectivity index (χ4n) is 4.51. The normalized spacial score (nSPS) is 36.9. The monoisotopic (exact) mass is 222 g/mol. The predicted octanol–water partition coefficient (Wildman–Crippen LogP) is 5.28. The minimum Gasteiger partial charge on any atom is -0.0654 e. The largest absolute Gasteiger partial charge is 0.0654 e. The summed E-state index contributed by atoms with van der Waals surface area (Å²) in [5.74, 6) is 3.27. The molecule has 2 aliphatic carbocycles. The van der Waals surface area contributed by atoms with Crippen LogP contribution in [0.25, 0.3) is 0 Å². The van der Waals surface area contributed by atoms with Crippen molar-refractivity contribution in [3.63, 3.8) is 0 Å². The highest BCUT2D eigenvalue weighted by atomic mass is 14.6. The second-order valence-corrected chi connectivity index (χ2v) is 7.23. The average Bonchev–Trinajstić information content (AvgIpc) is 2.21. The summed E-state index contributed by atoms with van der Waals surface area (Å²) in [7, 11) is 0. The maximum atomic E-state index is 2.56. The lowest BCUT2D eigenvalue weighted by Crippen LogP contribution is -2.55. The molecule has 0 nitrogen and oxygen atoms in total. The lowest BCUT2D eigenvalue weighted by Gasteiger charge is -2.63. The van der Waals surface area contributed by atoms with Gasteiger partial charge in [-0.3, -0.25) is 0 Å². The highest BCUT2D eigenvalue weighted by Gasteiger charge is 2.56. The van der Waals surface area contributed by atoms with E-state index in [1.54, 1.807) is 0 Å². The van der Waals surface area contributed by atoms with E-state index in [9.17, 15) is 0 Å². The third-order valence-corrected chi connectivity index (χ3v) is 6.61. The lowest BCUT2D eigenvalue weighted by atomic mass is 9.42. The van der Waals surface area contributed by atoms with Crippen molar-refractivity contribution in [2.45, 2.75) is 73.1 Å². The van der Waals surface area contributed by atoms with Crippen LogP contribution >= 0.6 is 0 Å². The highest BCUT2D eigenvalue weighted by molar-refractivity contribution is 5.06. The molecule has 0 aromatic rings. The molecule has 0 spiro atoms. The van der Waals surface area contributed by atoms with Gasteiger partial charge in [0, 0.05) is 0 Å². The Morgan fingerprint density at radius 2 is 1.75 bits per heavy atom. The maximum absolute atomic E-state index is 2.56. The van der Waals surface area contributed by atoms with Gasteiger partial charge in [-0.2, -0.15) is 0 Å². The summed E-state index contributed by atoms with van der Waals surface area (Å²) in [5.41, 5.74) is 1.12. The smallest absolute Gasteiger partial charge is 0.0269 e. The van der Waals surface area contributed by atoms with Crippen LogP contribution in [0.5, 0.6) is 0 Å². The van der Waals surface area contributed by atoms with Crippen LogP contribution < -0.4 is 0 Å². The van der Waals surface area contributed by atoms with Gasteiger partial charge in [-0.15, -0.1) is 0 Å². The van der Waals surface area contributed by atoms with E-state index in [-0.39, 0.29) is 0 Å². The van der Waals surface area contributed by atoms with Gasteiger partial charge in [0.2, 0.25) is 0 Å². The van der Waals surface area contributed by atoms with Crippen LogP contribution in [0.15, 0.2) is 0 Å². The van der Waals surface area contributed by atoms with E-state index in [2.05, 4.69) is 34.6 Å². The molecule has 0 radical (unpaired) electrons. The van der Waals surface area contributed by atoms with E-state index in [0.29, 0.717) is 10.8 Å². The lowest BCUT2D eigenvalue weighted by molar-refractivity contribution is -0.138. The summed E-state index contributed by atoms with van der Waals surface area (Å²) in [5, 5.41) is 0. The quantitative estimate of drug-likeness (QED) is 0.594. The number of hydrogen-bond acceptors (Lipinski definition) is 0. The summed E-state index contributed by atoms with van der Waals surface area (Å²) in [6.45, 7) is 12.4. The molecular formula is C16H30. The first-order valence-electron chi connectivity index (χ1n) is 7.46. The molecule has 2 rings (SSSR count). The zero-order valence-electron chi connectivity index (χ0n) is 12.0. The summed E-state index contributed by atoms with van der Waals surface area (Å²) < 4.78 is 0. The molecular weight excluding hydrogens is 192 g/mol. The van der Waals surface area contributed by atoms with E-state index in [0.717, 1.165) is 17.8 Å². The van der Waals surface area contributed by atoms with Gasteiger partial charge < -0.3 is 0 Å². The molecule has 0 aromatic carbocycles. The van der Waals surface area contributed by atoms with E-state index < -0.39 is 0 Å². The molecule has 0 bridgehead atoms. The summed E-state index contributed by atoms with van der Waals surface area (Å²) >= 11 is 0. The van der Waals surface area contributed by atoms with Crippen molar-refractivity contribution < 1.29 is 0 Å². The third kappa shape index (κ3) is 1.56. The zero-order valence-corrected chi connectivity index (χ0v) is 12.0. The van der Waals surface area contributed by atoms with Gasteiger partial charge in [0.1, 0.15) is 0 Å². The molecule has 94 valence electrons. The van der Waals surface area contributed by atoms with Crippen molar-refractivity contribution in [3.05, 3.63) is 0 Å². The van der Waals surface area contributed by atoms with Crippen molar-refractivity contribution in [1.82, 2.24) is 0 Å². The van der Waals surface area contributed by atoms with Crippen LogP contribution in [-0.2, 0) is 0 Å². The number of rotatable bonds is 5. The standard InChI is InChI=1S/C16H30/c1-6-10-16(5,7-2)15(3,4)14-11-12-8-9-13(12)14/h12-14H,6-11H2,1-5H3. The Morgan fingerprint density at radius 1 is 1.06 bits per heavy atom. The van der Waals surface area contributed by atoms with Gasteiger partial charge >= 0.3 is 0 Å². The van der Waals surface area contributed by atoms with Crippen LogP contribution in [0.2, 0.25) is 0 Å². The van der Waals surface area contributed by atoms with E-state index in [1.165, 1.54) is 38.5 Å². The fraction of sp³-hybridized carbons (Fsp3) is 1.00. The molecule has 0 aromatic heterocycles. The molecule has 16 heavy (non-hydrogen) atoms. The van der Waals surface area contributed by atoms with Crippen LogP contribution in [0.1, 0.15) is 73.1 Å². The second-order valence-electron chi connectivity index (χ2n) is 7.23. The van der Waals surface area contributed by atoms with Crippen molar-refractivity contribution in [3.8, 4) is 0 Å². The molecule has 0 heterocycles. The summed E-state index contributed by atoms with van der Waals surface area (Å²) in [4.78, 5) is 0. The predicted molar refractivity (Wildman–Crippen MR) is 71.4 cm³/mol. The summed E-state index contributed by atoms with van der Waals surface area (Å²) in [6, 6.07) is 0. The van der Waals surface area contributed by atoms with Crippen molar-refractivity contribution >= 4 is 0 Å². The van der Waals surface area contributed by atoms with Gasteiger partial charge in [0.15, 0.2) is 0 Å². The Balaban J connectivity index is 2.09. The van der Waals surface area contributed by atoms with E-state index in [4.69, 9.17) is 0 Å². The van der Waals surface area contributed by atoms with Crippen LogP contribution in [0.4, 0.5) is 0 Å². The van der Waals surface area contributed by atoms with Gasteiger partial charge in [-0.05, 0) is 54.3 Å². The van der Waals surface area contributed by atoms with Crippen molar-refractivity contribution in [2.24, 2.45) is 28.6 Å². The maximum Gasteiger partial charge on any atom is -0.0269 e. The summed E-state index contributed by atoms with van der Waals surface area (Å²) in [6.07, 6.45) is 8.70. The Morgan fingerprint density at radius 3 is 2.06 bits per heavy atom. The van der Waals surface area contributed by atoms with Crippen molar-refractivity contribution in [2.75, 3.05) is 0 Å². The minimum atomic E-state index is 0.555. The first kappa shape index (κ1) is 12.5. The molecule has 0 aliphatic heterocycles. The van der Waals surface area contributed by atoms with Gasteiger partial charge in [0.25, 0.3) is 0 Å². The van der Waals surface area contributed by atoms with E-state index in [1.807, 2.05) is 0 Å². The molecule has 0 N–H and O–H groups in total. The second kappa shape index (κ2) is 4.03. The Hall–Kier alpha value is 0. The molecule has 4 atom stereocenters. The van der Waals surface area contributed by atoms with Gasteiger partial charge in [-0.25, -0.2) is 0 Å². The minimum absolute atomic E-state index is 0.555. The molecule has 0 heteroatoms.